The smallest absolute Gasteiger partial charge is 0.169 e. The quantitative estimate of drug-likeness (QED) is 0.771. The van der Waals surface area contributed by atoms with Gasteiger partial charge in [0, 0.05) is 42.8 Å². The highest BCUT2D eigenvalue weighted by Gasteiger charge is 2.73. The summed E-state index contributed by atoms with van der Waals surface area (Å²) in [5, 5.41) is 9.59. The van der Waals surface area contributed by atoms with E-state index in [2.05, 4.69) is 23.1 Å². The van der Waals surface area contributed by atoms with E-state index in [1.165, 1.54) is 62.7 Å². The zero-order valence-corrected chi connectivity index (χ0v) is 17.2. The average molecular weight is 391 g/mol. The summed E-state index contributed by atoms with van der Waals surface area (Å²) in [5.74, 6) is 1.25. The minimum absolute atomic E-state index is 0.127. The molecule has 2 aliphatic heterocycles. The molecule has 29 heavy (non-hydrogen) atoms. The first kappa shape index (κ1) is 17.3. The minimum atomic E-state index is -0.377. The lowest BCUT2D eigenvalue weighted by molar-refractivity contribution is -0.200. The number of nitrogens with zero attached hydrogens (tertiary/aromatic N) is 2. The summed E-state index contributed by atoms with van der Waals surface area (Å²) in [6.45, 7) is 4.06. The maximum absolute atomic E-state index is 9.59. The molecule has 152 valence electrons. The molecule has 4 heteroatoms. The Balaban J connectivity index is 1.33. The summed E-state index contributed by atoms with van der Waals surface area (Å²) >= 11 is 0. The number of fused-ring (bicyclic) bond motifs is 2. The van der Waals surface area contributed by atoms with E-state index < -0.39 is 0 Å². The molecule has 3 spiro atoms. The summed E-state index contributed by atoms with van der Waals surface area (Å²) in [6.07, 6.45) is 9.99. The molecule has 4 nitrogen and oxygen atoms in total. The molecule has 0 aromatic heterocycles. The first-order valence-electron chi connectivity index (χ1n) is 11.7. The molecule has 3 saturated carbocycles. The molecule has 2 saturated heterocycles. The van der Waals surface area contributed by atoms with Crippen molar-refractivity contribution >= 4 is 0 Å². The van der Waals surface area contributed by atoms with Gasteiger partial charge in [-0.05, 0) is 67.2 Å². The van der Waals surface area contributed by atoms with Crippen molar-refractivity contribution in [1.29, 1.82) is 5.26 Å². The lowest BCUT2D eigenvalue weighted by Gasteiger charge is -2.58. The van der Waals surface area contributed by atoms with E-state index in [0.717, 1.165) is 43.6 Å². The van der Waals surface area contributed by atoms with Crippen molar-refractivity contribution in [2.45, 2.75) is 68.6 Å². The van der Waals surface area contributed by atoms with Crippen LogP contribution in [0.1, 0.15) is 61.6 Å². The summed E-state index contributed by atoms with van der Waals surface area (Å²) < 4.78 is 12.5. The SMILES string of the molecule is N#Cc1ccc2c(c1)C13CC4(CCC1C1N(CC5CCC5)CC1(C2)C3)OCCO4. The topological polar surface area (TPSA) is 45.5 Å². The van der Waals surface area contributed by atoms with Gasteiger partial charge in [0.05, 0.1) is 24.8 Å². The minimum Gasteiger partial charge on any atom is -0.348 e. The van der Waals surface area contributed by atoms with Crippen molar-refractivity contribution in [2.75, 3.05) is 26.3 Å². The maximum atomic E-state index is 9.59. The van der Waals surface area contributed by atoms with Crippen molar-refractivity contribution < 1.29 is 9.47 Å². The molecular weight excluding hydrogens is 360 g/mol. The van der Waals surface area contributed by atoms with Gasteiger partial charge in [-0.2, -0.15) is 5.26 Å². The lowest BCUT2D eigenvalue weighted by atomic mass is 9.58. The highest BCUT2D eigenvalue weighted by atomic mass is 16.7. The number of benzene rings is 1. The zero-order valence-electron chi connectivity index (χ0n) is 17.2. The van der Waals surface area contributed by atoms with Gasteiger partial charge in [-0.15, -0.1) is 0 Å². The molecule has 7 rings (SSSR count). The third-order valence-corrected chi connectivity index (χ3v) is 9.57. The van der Waals surface area contributed by atoms with E-state index in [4.69, 9.17) is 9.47 Å². The van der Waals surface area contributed by atoms with Crippen LogP contribution in [0.5, 0.6) is 0 Å². The highest BCUT2D eigenvalue weighted by Crippen LogP contribution is 2.71. The van der Waals surface area contributed by atoms with E-state index in [1.54, 1.807) is 0 Å². The van der Waals surface area contributed by atoms with Crippen LogP contribution < -0.4 is 0 Å². The van der Waals surface area contributed by atoms with Crippen LogP contribution in [-0.2, 0) is 21.3 Å². The molecular formula is C25H30N2O2. The Morgan fingerprint density at radius 1 is 1.14 bits per heavy atom. The Kier molecular flexibility index (Phi) is 3.36. The van der Waals surface area contributed by atoms with Gasteiger partial charge in [0.25, 0.3) is 0 Å². The van der Waals surface area contributed by atoms with Crippen LogP contribution in [0.15, 0.2) is 18.2 Å². The second-order valence-corrected chi connectivity index (χ2v) is 11.0. The van der Waals surface area contributed by atoms with Crippen molar-refractivity contribution in [3.63, 3.8) is 0 Å². The van der Waals surface area contributed by atoms with Crippen molar-refractivity contribution in [1.82, 2.24) is 4.90 Å². The van der Waals surface area contributed by atoms with E-state index in [1.807, 2.05) is 6.07 Å². The van der Waals surface area contributed by atoms with E-state index >= 15 is 0 Å². The van der Waals surface area contributed by atoms with Gasteiger partial charge >= 0.3 is 0 Å². The van der Waals surface area contributed by atoms with Crippen LogP contribution in [0.2, 0.25) is 0 Å². The fraction of sp³-hybridized carbons (Fsp3) is 0.720. The van der Waals surface area contributed by atoms with Gasteiger partial charge in [-0.3, -0.25) is 4.90 Å². The fourth-order valence-electron chi connectivity index (χ4n) is 8.53. The third-order valence-electron chi connectivity index (χ3n) is 9.57. The van der Waals surface area contributed by atoms with Crippen LogP contribution >= 0.6 is 0 Å². The first-order valence-corrected chi connectivity index (χ1v) is 11.7. The molecule has 1 aromatic carbocycles. The number of hydrogen-bond acceptors (Lipinski definition) is 4. The van der Waals surface area contributed by atoms with Gasteiger partial charge < -0.3 is 9.47 Å². The zero-order chi connectivity index (χ0) is 19.3. The summed E-state index contributed by atoms with van der Waals surface area (Å²) in [6, 6.07) is 9.65. The van der Waals surface area contributed by atoms with Crippen LogP contribution in [0, 0.1) is 28.6 Å². The van der Waals surface area contributed by atoms with E-state index in [9.17, 15) is 5.26 Å². The lowest BCUT2D eigenvalue weighted by Crippen LogP contribution is -2.65. The Morgan fingerprint density at radius 3 is 2.76 bits per heavy atom. The molecule has 5 fully saturated rings. The normalized spacial score (nSPS) is 41.8. The van der Waals surface area contributed by atoms with Crippen molar-refractivity contribution in [2.24, 2.45) is 17.3 Å². The monoisotopic (exact) mass is 390 g/mol. The van der Waals surface area contributed by atoms with Crippen LogP contribution in [0.4, 0.5) is 0 Å². The van der Waals surface area contributed by atoms with E-state index in [-0.39, 0.29) is 11.2 Å². The number of nitriles is 1. The Labute approximate surface area is 173 Å². The molecule has 4 atom stereocenters. The number of hydrogen-bond donors (Lipinski definition) is 0. The van der Waals surface area contributed by atoms with Gasteiger partial charge in [0.15, 0.2) is 5.79 Å². The predicted molar refractivity (Wildman–Crippen MR) is 108 cm³/mol. The Hall–Kier alpha value is -1.41. The number of likely N-dealkylation sites (tertiary alicyclic amines) is 1. The van der Waals surface area contributed by atoms with Gasteiger partial charge in [0.1, 0.15) is 0 Å². The maximum Gasteiger partial charge on any atom is 0.169 e. The predicted octanol–water partition coefficient (Wildman–Crippen LogP) is 3.77. The third kappa shape index (κ3) is 2.14. The van der Waals surface area contributed by atoms with Gasteiger partial charge in [0.2, 0.25) is 0 Å². The summed E-state index contributed by atoms with van der Waals surface area (Å²) in [7, 11) is 0. The van der Waals surface area contributed by atoms with Crippen molar-refractivity contribution in [3.8, 4) is 6.07 Å². The fourth-order valence-corrected chi connectivity index (χ4v) is 8.53. The largest absolute Gasteiger partial charge is 0.348 e. The van der Waals surface area contributed by atoms with Crippen LogP contribution in [0.3, 0.4) is 0 Å². The molecule has 1 aromatic rings. The number of rotatable bonds is 2. The van der Waals surface area contributed by atoms with Crippen molar-refractivity contribution in [3.05, 3.63) is 34.9 Å². The average Bonchev–Trinajstić information content (AvgIpc) is 3.19. The molecule has 2 bridgehead atoms. The van der Waals surface area contributed by atoms with E-state index in [0.29, 0.717) is 11.3 Å². The Morgan fingerprint density at radius 2 is 2.00 bits per heavy atom. The first-order chi connectivity index (χ1) is 14.2. The molecule has 4 aliphatic carbocycles. The summed E-state index contributed by atoms with van der Waals surface area (Å²) in [5.41, 5.74) is 4.35. The van der Waals surface area contributed by atoms with Gasteiger partial charge in [-0.25, -0.2) is 0 Å². The molecule has 0 amide bonds. The molecule has 0 N–H and O–H groups in total. The number of ether oxygens (including phenoxy) is 2. The molecule has 4 unspecified atom stereocenters. The standard InChI is InChI=1S/C25H30N2O2/c26-12-18-4-5-19-11-23-14-24(21(19)10-18)15-25(28-8-9-29-25)7-6-20(24)22(23)27(16-23)13-17-2-1-3-17/h4-5,10,17,20,22H,1-3,6-9,11,13-16H2. The van der Waals surface area contributed by atoms with Crippen LogP contribution in [0.25, 0.3) is 0 Å². The van der Waals surface area contributed by atoms with Crippen LogP contribution in [-0.4, -0.2) is 43.0 Å². The summed E-state index contributed by atoms with van der Waals surface area (Å²) in [4.78, 5) is 2.86. The Bertz CT molecular complexity index is 912. The molecule has 6 aliphatic rings. The molecule has 0 radical (unpaired) electrons. The van der Waals surface area contributed by atoms with Gasteiger partial charge in [-0.1, -0.05) is 12.5 Å². The second-order valence-electron chi connectivity index (χ2n) is 11.0. The highest BCUT2D eigenvalue weighted by molar-refractivity contribution is 5.50. The molecule has 2 heterocycles. The second kappa shape index (κ2) is 5.63.